The molecule has 0 aliphatic carbocycles. The average Bonchev–Trinajstić information content (AvgIpc) is 2.30. The second kappa shape index (κ2) is 4.00. The second-order valence-corrected chi connectivity index (χ2v) is 3.09. The minimum absolute atomic E-state index is 0.336. The van der Waals surface area contributed by atoms with Crippen molar-refractivity contribution in [1.82, 2.24) is 4.98 Å². The first-order valence-corrected chi connectivity index (χ1v) is 4.46. The molecule has 0 saturated carbocycles. The Morgan fingerprint density at radius 3 is 2.80 bits per heavy atom. The number of hydrogen-bond donors (Lipinski definition) is 0. The van der Waals surface area contributed by atoms with Gasteiger partial charge in [0.05, 0.1) is 0 Å². The zero-order chi connectivity index (χ0) is 10.7. The molecule has 1 aromatic carbocycles. The zero-order valence-electron chi connectivity index (χ0n) is 7.85. The van der Waals surface area contributed by atoms with Gasteiger partial charge in [-0.2, -0.15) is 0 Å². The number of aromatic nitrogens is 1. The Bertz CT molecular complexity index is 482. The van der Waals surface area contributed by atoms with Crippen LogP contribution in [0.15, 0.2) is 42.7 Å². The number of pyridine rings is 1. The van der Waals surface area contributed by atoms with E-state index in [2.05, 4.69) is 4.98 Å². The molecule has 0 N–H and O–H groups in total. The number of carbonyl (C=O) groups is 1. The van der Waals surface area contributed by atoms with Crippen molar-refractivity contribution in [1.29, 1.82) is 0 Å². The Labute approximate surface area is 86.4 Å². The molecule has 0 aliphatic rings. The minimum Gasteiger partial charge on any atom is -0.298 e. The minimum atomic E-state index is -0.412. The lowest BCUT2D eigenvalue weighted by Gasteiger charge is -2.03. The van der Waals surface area contributed by atoms with E-state index in [4.69, 9.17) is 0 Å². The molecule has 0 atom stereocenters. The van der Waals surface area contributed by atoms with E-state index in [-0.39, 0.29) is 0 Å². The Kier molecular flexibility index (Phi) is 2.54. The third-order valence-corrected chi connectivity index (χ3v) is 2.11. The molecule has 1 heterocycles. The number of hydrogen-bond acceptors (Lipinski definition) is 2. The van der Waals surface area contributed by atoms with Crippen molar-refractivity contribution in [3.05, 3.63) is 54.1 Å². The van der Waals surface area contributed by atoms with Crippen LogP contribution in [-0.2, 0) is 0 Å². The van der Waals surface area contributed by atoms with Crippen molar-refractivity contribution >= 4 is 6.29 Å². The number of rotatable bonds is 2. The van der Waals surface area contributed by atoms with Crippen molar-refractivity contribution in [3.8, 4) is 11.1 Å². The van der Waals surface area contributed by atoms with E-state index < -0.39 is 5.82 Å². The number of halogens is 1. The third-order valence-electron chi connectivity index (χ3n) is 2.11. The number of nitrogens with zero attached hydrogens (tertiary/aromatic N) is 1. The van der Waals surface area contributed by atoms with E-state index in [9.17, 15) is 9.18 Å². The Morgan fingerprint density at radius 2 is 2.13 bits per heavy atom. The molecule has 74 valence electrons. The summed E-state index contributed by atoms with van der Waals surface area (Å²) in [5.74, 6) is -0.412. The third kappa shape index (κ3) is 1.91. The molecule has 0 unspecified atom stereocenters. The highest BCUT2D eigenvalue weighted by molar-refractivity contribution is 5.87. The maximum atomic E-state index is 12.9. The van der Waals surface area contributed by atoms with E-state index in [0.717, 1.165) is 5.56 Å². The summed E-state index contributed by atoms with van der Waals surface area (Å²) >= 11 is 0. The molecule has 0 aliphatic heterocycles. The van der Waals surface area contributed by atoms with Crippen LogP contribution >= 0.6 is 0 Å². The summed E-state index contributed by atoms with van der Waals surface area (Å²) in [6, 6.07) is 7.72. The fraction of sp³-hybridized carbons (Fsp3) is 0. The molecule has 2 aromatic rings. The highest BCUT2D eigenvalue weighted by atomic mass is 19.1. The van der Waals surface area contributed by atoms with Crippen LogP contribution in [0.3, 0.4) is 0 Å². The van der Waals surface area contributed by atoms with Crippen LogP contribution in [0.5, 0.6) is 0 Å². The number of benzene rings is 1. The molecular formula is C12H8FNO. The van der Waals surface area contributed by atoms with Gasteiger partial charge in [-0.05, 0) is 23.8 Å². The lowest BCUT2D eigenvalue weighted by Crippen LogP contribution is -1.89. The van der Waals surface area contributed by atoms with Gasteiger partial charge in [0, 0.05) is 23.5 Å². The van der Waals surface area contributed by atoms with Crippen molar-refractivity contribution in [2.75, 3.05) is 0 Å². The summed E-state index contributed by atoms with van der Waals surface area (Å²) in [6.07, 6.45) is 3.93. The quantitative estimate of drug-likeness (QED) is 0.699. The smallest absolute Gasteiger partial charge is 0.150 e. The first kappa shape index (κ1) is 9.52. The summed E-state index contributed by atoms with van der Waals surface area (Å²) in [6.45, 7) is 0. The molecule has 0 radical (unpaired) electrons. The normalized spacial score (nSPS) is 9.93. The molecule has 0 saturated heterocycles. The van der Waals surface area contributed by atoms with Gasteiger partial charge in [-0.15, -0.1) is 0 Å². The summed E-state index contributed by atoms with van der Waals surface area (Å²) in [4.78, 5) is 14.7. The van der Waals surface area contributed by atoms with Gasteiger partial charge in [0.25, 0.3) is 0 Å². The van der Waals surface area contributed by atoms with Gasteiger partial charge in [0.15, 0.2) is 6.29 Å². The highest BCUT2D eigenvalue weighted by Gasteiger charge is 2.05. The van der Waals surface area contributed by atoms with E-state index in [1.807, 2.05) is 6.07 Å². The first-order valence-electron chi connectivity index (χ1n) is 4.46. The molecule has 0 fully saturated rings. The maximum absolute atomic E-state index is 12.9. The molecular weight excluding hydrogens is 193 g/mol. The predicted octanol–water partition coefficient (Wildman–Crippen LogP) is 2.70. The maximum Gasteiger partial charge on any atom is 0.150 e. The van der Waals surface area contributed by atoms with Crippen LogP contribution in [0.4, 0.5) is 4.39 Å². The van der Waals surface area contributed by atoms with E-state index in [0.29, 0.717) is 17.4 Å². The van der Waals surface area contributed by atoms with Crippen LogP contribution in [0.1, 0.15) is 10.4 Å². The van der Waals surface area contributed by atoms with Gasteiger partial charge in [-0.3, -0.25) is 9.78 Å². The van der Waals surface area contributed by atoms with Gasteiger partial charge >= 0.3 is 0 Å². The summed E-state index contributed by atoms with van der Waals surface area (Å²) in [5, 5.41) is 0. The Hall–Kier alpha value is -2.03. The Morgan fingerprint density at radius 1 is 1.27 bits per heavy atom. The second-order valence-electron chi connectivity index (χ2n) is 3.09. The fourth-order valence-corrected chi connectivity index (χ4v) is 1.42. The zero-order valence-corrected chi connectivity index (χ0v) is 7.85. The molecule has 0 amide bonds. The topological polar surface area (TPSA) is 30.0 Å². The SMILES string of the molecule is O=Cc1cc(F)ccc1-c1cccnc1. The molecule has 0 spiro atoms. The molecule has 2 nitrogen and oxygen atoms in total. The van der Waals surface area contributed by atoms with Crippen molar-refractivity contribution < 1.29 is 9.18 Å². The van der Waals surface area contributed by atoms with Crippen LogP contribution in [0.25, 0.3) is 11.1 Å². The van der Waals surface area contributed by atoms with E-state index >= 15 is 0 Å². The van der Waals surface area contributed by atoms with Gasteiger partial charge in [-0.1, -0.05) is 12.1 Å². The Balaban J connectivity index is 2.58. The van der Waals surface area contributed by atoms with Crippen LogP contribution in [0.2, 0.25) is 0 Å². The van der Waals surface area contributed by atoms with Gasteiger partial charge in [0.2, 0.25) is 0 Å². The average molecular weight is 201 g/mol. The lowest BCUT2D eigenvalue weighted by molar-refractivity contribution is 0.112. The number of carbonyl (C=O) groups excluding carboxylic acids is 1. The number of aldehydes is 1. The lowest BCUT2D eigenvalue weighted by atomic mass is 10.0. The summed E-state index contributed by atoms with van der Waals surface area (Å²) in [5.41, 5.74) is 1.84. The van der Waals surface area contributed by atoms with E-state index in [1.165, 1.54) is 12.1 Å². The van der Waals surface area contributed by atoms with Crippen LogP contribution in [-0.4, -0.2) is 11.3 Å². The highest BCUT2D eigenvalue weighted by Crippen LogP contribution is 2.22. The molecule has 3 heteroatoms. The van der Waals surface area contributed by atoms with Crippen molar-refractivity contribution in [3.63, 3.8) is 0 Å². The first-order chi connectivity index (χ1) is 7.31. The van der Waals surface area contributed by atoms with Crippen molar-refractivity contribution in [2.24, 2.45) is 0 Å². The fourth-order valence-electron chi connectivity index (χ4n) is 1.42. The standard InChI is InChI=1S/C12H8FNO/c13-11-3-4-12(10(6-11)8-15)9-2-1-5-14-7-9/h1-8H. The largest absolute Gasteiger partial charge is 0.298 e. The van der Waals surface area contributed by atoms with Crippen molar-refractivity contribution in [2.45, 2.75) is 0 Å². The van der Waals surface area contributed by atoms with Gasteiger partial charge < -0.3 is 0 Å². The van der Waals surface area contributed by atoms with Gasteiger partial charge in [-0.25, -0.2) is 4.39 Å². The predicted molar refractivity (Wildman–Crippen MR) is 55.0 cm³/mol. The summed E-state index contributed by atoms with van der Waals surface area (Å²) in [7, 11) is 0. The van der Waals surface area contributed by atoms with Crippen LogP contribution < -0.4 is 0 Å². The van der Waals surface area contributed by atoms with E-state index in [1.54, 1.807) is 24.5 Å². The molecule has 0 bridgehead atoms. The van der Waals surface area contributed by atoms with Crippen LogP contribution in [0, 0.1) is 5.82 Å². The monoisotopic (exact) mass is 201 g/mol. The molecule has 1 aromatic heterocycles. The molecule has 2 rings (SSSR count). The molecule has 15 heavy (non-hydrogen) atoms. The van der Waals surface area contributed by atoms with Gasteiger partial charge in [0.1, 0.15) is 5.82 Å². The summed E-state index contributed by atoms with van der Waals surface area (Å²) < 4.78 is 12.9.